The van der Waals surface area contributed by atoms with Gasteiger partial charge in [0.2, 0.25) is 23.6 Å². The van der Waals surface area contributed by atoms with Crippen molar-refractivity contribution in [3.8, 4) is 0 Å². The second kappa shape index (κ2) is 22.6. The van der Waals surface area contributed by atoms with E-state index >= 15 is 0 Å². The summed E-state index contributed by atoms with van der Waals surface area (Å²) < 4.78 is 0. The monoisotopic (exact) mass is 684 g/mol. The highest BCUT2D eigenvalue weighted by molar-refractivity contribution is 5.95. The van der Waals surface area contributed by atoms with Crippen LogP contribution < -0.4 is 61.4 Å². The van der Waals surface area contributed by atoms with Crippen LogP contribution in [0.25, 0.3) is 0 Å². The van der Waals surface area contributed by atoms with Gasteiger partial charge in [0.15, 0.2) is 17.9 Å². The van der Waals surface area contributed by atoms with Gasteiger partial charge in [-0.05, 0) is 50.4 Å². The molecule has 0 aliphatic heterocycles. The smallest absolute Gasteiger partial charge is 0.326 e. The molecule has 20 heteroatoms. The summed E-state index contributed by atoms with van der Waals surface area (Å²) in [4.78, 5) is 76.3. The maximum absolute atomic E-state index is 13.5. The molecule has 0 aromatic heterocycles. The van der Waals surface area contributed by atoms with Crippen molar-refractivity contribution < 1.29 is 29.1 Å². The summed E-state index contributed by atoms with van der Waals surface area (Å²) >= 11 is 0. The Labute approximate surface area is 280 Å². The fourth-order valence-corrected chi connectivity index (χ4v) is 4.29. The Morgan fingerprint density at radius 1 is 0.542 bits per heavy atom. The van der Waals surface area contributed by atoms with Crippen LogP contribution in [-0.2, 0) is 24.0 Å². The topological polar surface area (TPSA) is 373 Å². The number of nitrogens with two attached hydrogens (primary N) is 7. The fourth-order valence-electron chi connectivity index (χ4n) is 4.29. The number of nitrogens with zero attached hydrogens (tertiary/aromatic N) is 3. The van der Waals surface area contributed by atoms with E-state index in [2.05, 4.69) is 36.2 Å². The molecule has 5 atom stereocenters. The first-order chi connectivity index (χ1) is 22.4. The summed E-state index contributed by atoms with van der Waals surface area (Å²) in [5.41, 5.74) is 37.9. The molecule has 48 heavy (non-hydrogen) atoms. The van der Waals surface area contributed by atoms with Gasteiger partial charge in [-0.1, -0.05) is 27.7 Å². The summed E-state index contributed by atoms with van der Waals surface area (Å²) in [6, 6.07) is -5.60. The fraction of sp³-hybridized carbons (Fsp3) is 0.714. The van der Waals surface area contributed by atoms with Crippen LogP contribution in [-0.4, -0.2) is 102 Å². The number of rotatable bonds is 23. The number of amides is 4. The largest absolute Gasteiger partial charge is 0.480 e. The Morgan fingerprint density at radius 3 is 1.29 bits per heavy atom. The first kappa shape index (κ1) is 43.1. The summed E-state index contributed by atoms with van der Waals surface area (Å²) in [7, 11) is 0. The lowest BCUT2D eigenvalue weighted by atomic mass is 9.98. The van der Waals surface area contributed by atoms with Gasteiger partial charge in [-0.3, -0.25) is 34.2 Å². The van der Waals surface area contributed by atoms with Crippen LogP contribution in [0.3, 0.4) is 0 Å². The molecule has 0 spiro atoms. The Morgan fingerprint density at radius 2 is 0.896 bits per heavy atom. The van der Waals surface area contributed by atoms with E-state index in [0.29, 0.717) is 6.42 Å². The van der Waals surface area contributed by atoms with Gasteiger partial charge in [0.05, 0.1) is 6.04 Å². The van der Waals surface area contributed by atoms with Gasteiger partial charge in [0.25, 0.3) is 0 Å². The van der Waals surface area contributed by atoms with E-state index < -0.39 is 65.7 Å². The van der Waals surface area contributed by atoms with E-state index in [4.69, 9.17) is 40.1 Å². The standard InChI is InChI=1S/C28H56N14O6/c1-14(2)19(42-24(46)20(15(3)4)41-21(43)16(29)8-5-11-36-26(30)31)23(45)39-17(9-6-12-37-27(32)33)22(44)40-18(25(47)48)10-7-13-38-28(34)35/h14-20H,5-13,29H2,1-4H3,(H,39,45)(H,40,44)(H,41,43)(H,42,46)(H,47,48)(H4,30,31,36)(H4,32,33,37)(H4,34,35,38)/t16-,17-,18-,19-,20-/m0/s1. The molecule has 0 aromatic carbocycles. The van der Waals surface area contributed by atoms with Crippen molar-refractivity contribution >= 4 is 47.5 Å². The molecule has 19 N–H and O–H groups in total. The number of carbonyl (C=O) groups excluding carboxylic acids is 4. The number of carbonyl (C=O) groups is 5. The average Bonchev–Trinajstić information content (AvgIpc) is 2.98. The van der Waals surface area contributed by atoms with Gasteiger partial charge in [0, 0.05) is 19.6 Å². The molecular formula is C28H56N14O6. The highest BCUT2D eigenvalue weighted by Gasteiger charge is 2.33. The molecule has 20 nitrogen and oxygen atoms in total. The molecule has 0 radical (unpaired) electrons. The number of hydrogen-bond donors (Lipinski definition) is 12. The minimum absolute atomic E-state index is 0.0133. The minimum Gasteiger partial charge on any atom is -0.480 e. The van der Waals surface area contributed by atoms with Gasteiger partial charge in [-0.25, -0.2) is 4.79 Å². The Kier molecular flexibility index (Phi) is 20.3. The normalized spacial score (nSPS) is 14.0. The number of guanidine groups is 3. The lowest BCUT2D eigenvalue weighted by Gasteiger charge is -2.29. The summed E-state index contributed by atoms with van der Waals surface area (Å²) in [6.07, 6.45) is 1.27. The second-order valence-corrected chi connectivity index (χ2v) is 11.9. The van der Waals surface area contributed by atoms with Gasteiger partial charge in [-0.15, -0.1) is 0 Å². The number of carboxylic acid groups (broad SMARTS) is 1. The zero-order chi connectivity index (χ0) is 37.0. The Balaban J connectivity index is 5.79. The summed E-state index contributed by atoms with van der Waals surface area (Å²) in [5, 5.41) is 20.0. The zero-order valence-electron chi connectivity index (χ0n) is 28.3. The third-order valence-corrected chi connectivity index (χ3v) is 6.94. The number of aliphatic carboxylic acids is 1. The molecular weight excluding hydrogens is 628 g/mol. The lowest BCUT2D eigenvalue weighted by Crippen LogP contribution is -2.60. The summed E-state index contributed by atoms with van der Waals surface area (Å²) in [5.74, 6) is -5.19. The van der Waals surface area contributed by atoms with Crippen molar-refractivity contribution in [2.45, 2.75) is 96.4 Å². The number of hydrogen-bond acceptors (Lipinski definition) is 9. The zero-order valence-corrected chi connectivity index (χ0v) is 28.3. The molecule has 4 amide bonds. The molecule has 0 fully saturated rings. The predicted molar refractivity (Wildman–Crippen MR) is 183 cm³/mol. The molecule has 0 saturated carbocycles. The Hall–Kier alpha value is -4.88. The highest BCUT2D eigenvalue weighted by Crippen LogP contribution is 2.10. The third-order valence-electron chi connectivity index (χ3n) is 6.94. The van der Waals surface area contributed by atoms with E-state index in [0.717, 1.165) is 0 Å². The molecule has 0 aromatic rings. The van der Waals surface area contributed by atoms with Crippen molar-refractivity contribution in [1.29, 1.82) is 0 Å². The minimum atomic E-state index is -1.29. The van der Waals surface area contributed by atoms with Crippen LogP contribution >= 0.6 is 0 Å². The van der Waals surface area contributed by atoms with Gasteiger partial charge >= 0.3 is 5.97 Å². The highest BCUT2D eigenvalue weighted by atomic mass is 16.4. The first-order valence-electron chi connectivity index (χ1n) is 15.7. The molecule has 274 valence electrons. The molecule has 0 bridgehead atoms. The van der Waals surface area contributed by atoms with Crippen molar-refractivity contribution in [3.05, 3.63) is 0 Å². The first-order valence-corrected chi connectivity index (χ1v) is 15.7. The van der Waals surface area contributed by atoms with Crippen LogP contribution in [0.15, 0.2) is 15.0 Å². The van der Waals surface area contributed by atoms with Gasteiger partial charge in [0.1, 0.15) is 24.2 Å². The van der Waals surface area contributed by atoms with Crippen molar-refractivity contribution in [1.82, 2.24) is 21.3 Å². The van der Waals surface area contributed by atoms with Gasteiger partial charge in [-0.2, -0.15) is 0 Å². The molecule has 0 heterocycles. The van der Waals surface area contributed by atoms with E-state index in [1.165, 1.54) is 0 Å². The average molecular weight is 685 g/mol. The van der Waals surface area contributed by atoms with Crippen LogP contribution in [0.1, 0.15) is 66.2 Å². The molecule has 0 rings (SSSR count). The molecule has 0 unspecified atom stereocenters. The van der Waals surface area contributed by atoms with E-state index in [1.54, 1.807) is 27.7 Å². The molecule has 0 aliphatic rings. The maximum Gasteiger partial charge on any atom is 0.326 e. The summed E-state index contributed by atoms with van der Waals surface area (Å²) in [6.45, 7) is 7.37. The number of carboxylic acids is 1. The molecule has 0 aliphatic carbocycles. The third kappa shape index (κ3) is 18.3. The van der Waals surface area contributed by atoms with Crippen molar-refractivity contribution in [2.24, 2.45) is 66.9 Å². The number of aliphatic imine (C=N–C) groups is 3. The van der Waals surface area contributed by atoms with E-state index in [1.807, 2.05) is 0 Å². The predicted octanol–water partition coefficient (Wildman–Crippen LogP) is -4.19. The molecule has 0 saturated heterocycles. The van der Waals surface area contributed by atoms with Crippen LogP contribution in [0.2, 0.25) is 0 Å². The lowest BCUT2D eigenvalue weighted by molar-refractivity contribution is -0.142. The SMILES string of the molecule is CC(C)[C@H](NC(=O)[C@@H](NC(=O)[C@@H](N)CCCN=C(N)N)C(C)C)C(=O)N[C@@H](CCCN=C(N)N)C(=O)N[C@@H](CCCN=C(N)N)C(=O)O. The van der Waals surface area contributed by atoms with Gasteiger partial charge < -0.3 is 66.5 Å². The number of nitrogens with one attached hydrogen (secondary N) is 4. The van der Waals surface area contributed by atoms with E-state index in [9.17, 15) is 29.1 Å². The maximum atomic E-state index is 13.5. The van der Waals surface area contributed by atoms with Crippen LogP contribution in [0.5, 0.6) is 0 Å². The van der Waals surface area contributed by atoms with Crippen molar-refractivity contribution in [3.63, 3.8) is 0 Å². The Bertz CT molecular complexity index is 1150. The quantitative estimate of drug-likeness (QED) is 0.0276. The van der Waals surface area contributed by atoms with E-state index in [-0.39, 0.29) is 75.5 Å². The van der Waals surface area contributed by atoms with Crippen LogP contribution in [0, 0.1) is 11.8 Å². The van der Waals surface area contributed by atoms with Crippen LogP contribution in [0.4, 0.5) is 0 Å². The second-order valence-electron chi connectivity index (χ2n) is 11.9. The van der Waals surface area contributed by atoms with Crippen molar-refractivity contribution in [2.75, 3.05) is 19.6 Å².